The van der Waals surface area contributed by atoms with Crippen LogP contribution in [0.3, 0.4) is 0 Å². The van der Waals surface area contributed by atoms with Crippen LogP contribution in [0.25, 0.3) is 22.1 Å². The number of thiophene rings is 1. The summed E-state index contributed by atoms with van der Waals surface area (Å²) >= 11 is 7.54. The maximum absolute atomic E-state index is 14.0. The number of halogens is 2. The summed E-state index contributed by atoms with van der Waals surface area (Å²) in [6.07, 6.45) is 0. The number of hydrogen-bond acceptors (Lipinski definition) is 6. The largest absolute Gasteiger partial charge is 0.448 e. The zero-order valence-electron chi connectivity index (χ0n) is 21.8. The van der Waals surface area contributed by atoms with E-state index in [2.05, 4.69) is 0 Å². The lowest BCUT2D eigenvalue weighted by atomic mass is 9.99. The Kier molecular flexibility index (Phi) is 7.57. The van der Waals surface area contributed by atoms with Crippen LogP contribution in [0.15, 0.2) is 63.8 Å². The molecule has 39 heavy (non-hydrogen) atoms. The Morgan fingerprint density at radius 1 is 1.18 bits per heavy atom. The van der Waals surface area contributed by atoms with E-state index in [-0.39, 0.29) is 42.6 Å². The minimum Gasteiger partial charge on any atom is -0.448 e. The molecule has 202 valence electrons. The topological polar surface area (TPSA) is 94.4 Å². The smallest absolute Gasteiger partial charge is 0.297 e. The van der Waals surface area contributed by atoms with Gasteiger partial charge in [0, 0.05) is 35.0 Å². The number of rotatable bonds is 8. The second kappa shape index (κ2) is 10.9. The monoisotopic (exact) mass is 566 g/mol. The van der Waals surface area contributed by atoms with Crippen molar-refractivity contribution in [2.24, 2.45) is 11.7 Å². The van der Waals surface area contributed by atoms with Gasteiger partial charge >= 0.3 is 0 Å². The van der Waals surface area contributed by atoms with Gasteiger partial charge in [-0.15, -0.1) is 11.3 Å². The summed E-state index contributed by atoms with van der Waals surface area (Å²) in [5, 5.41) is 0.522. The van der Waals surface area contributed by atoms with Crippen LogP contribution in [0.2, 0.25) is 4.34 Å². The third-order valence-electron chi connectivity index (χ3n) is 6.67. The number of benzene rings is 2. The summed E-state index contributed by atoms with van der Waals surface area (Å²) in [4.78, 5) is 35.3. The lowest BCUT2D eigenvalue weighted by Crippen LogP contribution is -2.43. The molecule has 5 rings (SSSR count). The Hall–Kier alpha value is -3.53. The van der Waals surface area contributed by atoms with E-state index >= 15 is 0 Å². The first-order valence-electron chi connectivity index (χ1n) is 12.6. The normalized spacial score (nSPS) is 12.5. The van der Waals surface area contributed by atoms with Gasteiger partial charge in [0.1, 0.15) is 22.7 Å². The standard InChI is InChI=1S/C29H28ClFN4O3S/c1-16(2)25(34(13-12-32)28(36)18-6-4-17(3)5-7-18)27-33-24-21-10-8-19(31)14-22(21)38-26(24)29(37)35(27)15-20-9-11-23(30)39-20/h4-11,14,16,25H,12-13,15,32H2,1-3H3. The van der Waals surface area contributed by atoms with Gasteiger partial charge in [0.05, 0.1) is 16.9 Å². The summed E-state index contributed by atoms with van der Waals surface area (Å²) in [6.45, 7) is 6.56. The molecule has 0 aliphatic carbocycles. The van der Waals surface area contributed by atoms with E-state index < -0.39 is 17.4 Å². The molecule has 0 saturated carbocycles. The van der Waals surface area contributed by atoms with Crippen molar-refractivity contribution in [1.29, 1.82) is 0 Å². The van der Waals surface area contributed by atoms with Gasteiger partial charge in [-0.2, -0.15) is 0 Å². The van der Waals surface area contributed by atoms with Crippen molar-refractivity contribution in [3.8, 4) is 0 Å². The van der Waals surface area contributed by atoms with E-state index in [1.54, 1.807) is 29.2 Å². The number of nitrogens with zero attached hydrogens (tertiary/aromatic N) is 3. The Bertz CT molecular complexity index is 1720. The van der Waals surface area contributed by atoms with Gasteiger partial charge in [-0.25, -0.2) is 9.37 Å². The van der Waals surface area contributed by atoms with Gasteiger partial charge in [-0.1, -0.05) is 43.1 Å². The minimum absolute atomic E-state index is 0.0275. The van der Waals surface area contributed by atoms with Crippen molar-refractivity contribution in [3.05, 3.63) is 96.9 Å². The lowest BCUT2D eigenvalue weighted by molar-refractivity contribution is 0.0612. The fraction of sp³-hybridized carbons (Fsp3) is 0.276. The number of aryl methyl sites for hydroxylation is 1. The summed E-state index contributed by atoms with van der Waals surface area (Å²) in [6, 6.07) is 14.5. The van der Waals surface area contributed by atoms with Gasteiger partial charge in [-0.05, 0) is 49.2 Å². The number of hydrogen-bond donors (Lipinski definition) is 1. The number of aromatic nitrogens is 2. The second-order valence-electron chi connectivity index (χ2n) is 9.83. The molecule has 5 aromatic rings. The first-order valence-corrected chi connectivity index (χ1v) is 13.8. The third-order valence-corrected chi connectivity index (χ3v) is 7.89. The van der Waals surface area contributed by atoms with Crippen LogP contribution in [0.4, 0.5) is 4.39 Å². The molecule has 2 aromatic carbocycles. The van der Waals surface area contributed by atoms with Gasteiger partial charge < -0.3 is 15.1 Å². The Balaban J connectivity index is 1.76. The number of fused-ring (bicyclic) bond motifs is 3. The molecule has 10 heteroatoms. The van der Waals surface area contributed by atoms with Gasteiger partial charge in [-0.3, -0.25) is 14.2 Å². The van der Waals surface area contributed by atoms with Crippen molar-refractivity contribution in [3.63, 3.8) is 0 Å². The van der Waals surface area contributed by atoms with E-state index in [1.165, 1.54) is 28.0 Å². The highest BCUT2D eigenvalue weighted by Gasteiger charge is 2.33. The van der Waals surface area contributed by atoms with E-state index in [4.69, 9.17) is 26.7 Å². The van der Waals surface area contributed by atoms with Crippen LogP contribution in [0.5, 0.6) is 0 Å². The molecule has 0 aliphatic rings. The molecule has 0 saturated heterocycles. The van der Waals surface area contributed by atoms with Gasteiger partial charge in [0.25, 0.3) is 11.5 Å². The van der Waals surface area contributed by atoms with Crippen LogP contribution in [0.1, 0.15) is 46.5 Å². The average molecular weight is 567 g/mol. The molecule has 1 atom stereocenters. The molecule has 0 fully saturated rings. The highest BCUT2D eigenvalue weighted by atomic mass is 35.5. The SMILES string of the molecule is Cc1ccc(C(=O)N(CCN)C(c2nc3c(oc4cc(F)ccc43)c(=O)n2Cc2ccc(Cl)s2)C(C)C)cc1. The summed E-state index contributed by atoms with van der Waals surface area (Å²) < 4.78 is 21.9. The van der Waals surface area contributed by atoms with Crippen molar-refractivity contribution >= 4 is 50.9 Å². The zero-order valence-corrected chi connectivity index (χ0v) is 23.4. The number of nitrogens with two attached hydrogens (primary N) is 1. The van der Waals surface area contributed by atoms with Gasteiger partial charge in [0.15, 0.2) is 0 Å². The van der Waals surface area contributed by atoms with E-state index in [0.29, 0.717) is 26.6 Å². The average Bonchev–Trinajstić information content (AvgIpc) is 3.48. The second-order valence-corrected chi connectivity index (χ2v) is 11.6. The Morgan fingerprint density at radius 3 is 2.56 bits per heavy atom. The van der Waals surface area contributed by atoms with Crippen molar-refractivity contribution in [2.75, 3.05) is 13.1 Å². The predicted octanol–water partition coefficient (Wildman–Crippen LogP) is 6.15. The molecule has 3 heterocycles. The molecule has 7 nitrogen and oxygen atoms in total. The van der Waals surface area contributed by atoms with E-state index in [9.17, 15) is 14.0 Å². The third kappa shape index (κ3) is 5.22. The number of furan rings is 1. The molecule has 0 bridgehead atoms. The number of amides is 1. The Morgan fingerprint density at radius 2 is 1.92 bits per heavy atom. The van der Waals surface area contributed by atoms with Crippen LogP contribution in [-0.4, -0.2) is 33.4 Å². The molecule has 2 N–H and O–H groups in total. The summed E-state index contributed by atoms with van der Waals surface area (Å²) in [5.74, 6) is -0.427. The van der Waals surface area contributed by atoms with Crippen LogP contribution >= 0.6 is 22.9 Å². The molecule has 1 unspecified atom stereocenters. The summed E-state index contributed by atoms with van der Waals surface area (Å²) in [5.41, 5.74) is 7.72. The Labute approximate surface area is 233 Å². The van der Waals surface area contributed by atoms with Crippen LogP contribution < -0.4 is 11.3 Å². The molecule has 0 spiro atoms. The van der Waals surface area contributed by atoms with Crippen molar-refractivity contribution in [1.82, 2.24) is 14.5 Å². The number of carbonyl (C=O) groups is 1. The molecular formula is C29H28ClFN4O3S. The fourth-order valence-electron chi connectivity index (χ4n) is 4.85. The molecule has 1 amide bonds. The van der Waals surface area contributed by atoms with E-state index in [0.717, 1.165) is 10.4 Å². The summed E-state index contributed by atoms with van der Waals surface area (Å²) in [7, 11) is 0. The van der Waals surface area contributed by atoms with Crippen molar-refractivity contribution in [2.45, 2.75) is 33.4 Å². The molecule has 0 radical (unpaired) electrons. The molecular weight excluding hydrogens is 539 g/mol. The zero-order chi connectivity index (χ0) is 27.8. The van der Waals surface area contributed by atoms with E-state index in [1.807, 2.05) is 39.0 Å². The maximum atomic E-state index is 14.0. The highest BCUT2D eigenvalue weighted by molar-refractivity contribution is 7.16. The first-order chi connectivity index (χ1) is 18.7. The van der Waals surface area contributed by atoms with Gasteiger partial charge in [0.2, 0.25) is 5.58 Å². The lowest BCUT2D eigenvalue weighted by Gasteiger charge is -2.35. The van der Waals surface area contributed by atoms with Crippen molar-refractivity contribution < 1.29 is 13.6 Å². The fourth-order valence-corrected chi connectivity index (χ4v) is 5.93. The maximum Gasteiger partial charge on any atom is 0.297 e. The quantitative estimate of drug-likeness (QED) is 0.243. The molecule has 3 aromatic heterocycles. The highest BCUT2D eigenvalue weighted by Crippen LogP contribution is 2.33. The van der Waals surface area contributed by atoms with Crippen LogP contribution in [-0.2, 0) is 6.54 Å². The minimum atomic E-state index is -0.597. The molecule has 0 aliphatic heterocycles. The van der Waals surface area contributed by atoms with Crippen LogP contribution in [0, 0.1) is 18.7 Å². The first kappa shape index (κ1) is 27.1. The predicted molar refractivity (Wildman–Crippen MR) is 153 cm³/mol. The number of carbonyl (C=O) groups excluding carboxylic acids is 1.